The van der Waals surface area contributed by atoms with Gasteiger partial charge in [0.1, 0.15) is 0 Å². The summed E-state index contributed by atoms with van der Waals surface area (Å²) in [6.07, 6.45) is 3.94. The molecule has 1 fully saturated rings. The van der Waals surface area contributed by atoms with Gasteiger partial charge in [-0.2, -0.15) is 0 Å². The lowest BCUT2D eigenvalue weighted by atomic mass is 9.94. The van der Waals surface area contributed by atoms with E-state index in [1.807, 2.05) is 6.07 Å². The van der Waals surface area contributed by atoms with E-state index in [2.05, 4.69) is 40.7 Å². The second-order valence-corrected chi connectivity index (χ2v) is 5.85. The smallest absolute Gasteiger partial charge is 0.0514 e. The molecule has 1 aromatic carbocycles. The molecule has 17 heavy (non-hydrogen) atoms. The number of anilines is 2. The van der Waals surface area contributed by atoms with Crippen LogP contribution in [-0.4, -0.2) is 13.1 Å². The van der Waals surface area contributed by atoms with Gasteiger partial charge in [-0.25, -0.2) is 0 Å². The highest BCUT2D eigenvalue weighted by Crippen LogP contribution is 2.33. The van der Waals surface area contributed by atoms with E-state index >= 15 is 0 Å². The number of piperidine rings is 1. The highest BCUT2D eigenvalue weighted by molar-refractivity contribution is 9.10. The van der Waals surface area contributed by atoms with Crippen molar-refractivity contribution in [3.8, 4) is 0 Å². The second kappa shape index (κ2) is 5.30. The van der Waals surface area contributed by atoms with Gasteiger partial charge in [-0.15, -0.1) is 0 Å². The molecule has 0 bridgehead atoms. The van der Waals surface area contributed by atoms with Gasteiger partial charge < -0.3 is 10.6 Å². The lowest BCUT2D eigenvalue weighted by Crippen LogP contribution is -2.33. The molecule has 3 heteroatoms. The lowest BCUT2D eigenvalue weighted by molar-refractivity contribution is 0.395. The molecule has 94 valence electrons. The lowest BCUT2D eigenvalue weighted by Gasteiger charge is -2.34. The Labute approximate surface area is 112 Å². The van der Waals surface area contributed by atoms with E-state index in [9.17, 15) is 0 Å². The Morgan fingerprint density at radius 1 is 1.35 bits per heavy atom. The van der Waals surface area contributed by atoms with Gasteiger partial charge in [0, 0.05) is 23.2 Å². The molecule has 2 N–H and O–H groups in total. The zero-order valence-corrected chi connectivity index (χ0v) is 12.3. The van der Waals surface area contributed by atoms with Crippen LogP contribution in [0.15, 0.2) is 16.6 Å². The maximum Gasteiger partial charge on any atom is 0.0514 e. The van der Waals surface area contributed by atoms with Crippen molar-refractivity contribution in [3.05, 3.63) is 22.2 Å². The first-order chi connectivity index (χ1) is 8.11. The van der Waals surface area contributed by atoms with E-state index in [-0.39, 0.29) is 0 Å². The van der Waals surface area contributed by atoms with Gasteiger partial charge in [0.25, 0.3) is 0 Å². The molecule has 1 aliphatic heterocycles. The Balaban J connectivity index is 2.16. The Morgan fingerprint density at radius 2 is 2.00 bits per heavy atom. The van der Waals surface area contributed by atoms with E-state index < -0.39 is 0 Å². The first-order valence-corrected chi connectivity index (χ1v) is 7.21. The topological polar surface area (TPSA) is 29.3 Å². The summed E-state index contributed by atoms with van der Waals surface area (Å²) >= 11 is 3.63. The number of nitrogens with two attached hydrogens (primary N) is 1. The summed E-state index contributed by atoms with van der Waals surface area (Å²) < 4.78 is 1.12. The van der Waals surface area contributed by atoms with Gasteiger partial charge in [-0.1, -0.05) is 13.3 Å². The molecular formula is C14H21BrN2. The Bertz CT molecular complexity index is 395. The van der Waals surface area contributed by atoms with Crippen molar-refractivity contribution in [2.24, 2.45) is 5.92 Å². The third kappa shape index (κ3) is 2.76. The summed E-state index contributed by atoms with van der Waals surface area (Å²) in [4.78, 5) is 2.47. The van der Waals surface area contributed by atoms with Gasteiger partial charge in [0.05, 0.1) is 5.69 Å². The molecule has 1 aromatic rings. The average Bonchev–Trinajstić information content (AvgIpc) is 2.34. The van der Waals surface area contributed by atoms with E-state index in [0.717, 1.165) is 16.1 Å². The van der Waals surface area contributed by atoms with Gasteiger partial charge >= 0.3 is 0 Å². The zero-order chi connectivity index (χ0) is 12.4. The molecule has 0 saturated carbocycles. The molecule has 0 atom stereocenters. The Hall–Kier alpha value is -0.700. The van der Waals surface area contributed by atoms with Crippen LogP contribution in [0, 0.1) is 12.8 Å². The molecule has 2 nitrogen and oxygen atoms in total. The van der Waals surface area contributed by atoms with Crippen LogP contribution in [0.4, 0.5) is 11.4 Å². The first kappa shape index (κ1) is 12.7. The molecule has 1 aliphatic rings. The summed E-state index contributed by atoms with van der Waals surface area (Å²) in [5, 5.41) is 0. The van der Waals surface area contributed by atoms with E-state index in [0.29, 0.717) is 0 Å². The van der Waals surface area contributed by atoms with Crippen molar-refractivity contribution in [1.29, 1.82) is 0 Å². The molecule has 1 heterocycles. The number of hydrogen-bond donors (Lipinski definition) is 1. The van der Waals surface area contributed by atoms with Gasteiger partial charge in [0.15, 0.2) is 0 Å². The van der Waals surface area contributed by atoms with Crippen molar-refractivity contribution in [1.82, 2.24) is 0 Å². The molecule has 0 amide bonds. The van der Waals surface area contributed by atoms with Crippen LogP contribution in [0.25, 0.3) is 0 Å². The summed E-state index contributed by atoms with van der Waals surface area (Å²) in [6, 6.07) is 4.22. The van der Waals surface area contributed by atoms with E-state index in [4.69, 9.17) is 5.73 Å². The standard InChI is InChI=1S/C14H21BrN2/c1-3-11-4-6-17(7-5-11)14-8-10(2)13(16)9-12(14)15/h8-9,11H,3-7,16H2,1-2H3. The van der Waals surface area contributed by atoms with E-state index in [1.165, 1.54) is 43.6 Å². The van der Waals surface area contributed by atoms with Gasteiger partial charge in [-0.3, -0.25) is 0 Å². The van der Waals surface area contributed by atoms with Crippen molar-refractivity contribution < 1.29 is 0 Å². The minimum Gasteiger partial charge on any atom is -0.398 e. The fourth-order valence-corrected chi connectivity index (χ4v) is 3.12. The summed E-state index contributed by atoms with van der Waals surface area (Å²) in [5.74, 6) is 0.917. The van der Waals surface area contributed by atoms with Crippen molar-refractivity contribution >= 4 is 27.3 Å². The van der Waals surface area contributed by atoms with Crippen LogP contribution >= 0.6 is 15.9 Å². The largest absolute Gasteiger partial charge is 0.398 e. The zero-order valence-electron chi connectivity index (χ0n) is 10.7. The van der Waals surface area contributed by atoms with Crippen LogP contribution < -0.4 is 10.6 Å². The summed E-state index contributed by atoms with van der Waals surface area (Å²) in [5.41, 5.74) is 9.24. The molecule has 0 aromatic heterocycles. The van der Waals surface area contributed by atoms with Crippen LogP contribution in [0.2, 0.25) is 0 Å². The maximum absolute atomic E-state index is 5.91. The highest BCUT2D eigenvalue weighted by Gasteiger charge is 2.19. The SMILES string of the molecule is CCC1CCN(c2cc(C)c(N)cc2Br)CC1. The molecule has 0 radical (unpaired) electrons. The predicted molar refractivity (Wildman–Crippen MR) is 78.5 cm³/mol. The summed E-state index contributed by atoms with van der Waals surface area (Å²) in [7, 11) is 0. The van der Waals surface area contributed by atoms with Gasteiger partial charge in [0.2, 0.25) is 0 Å². The predicted octanol–water partition coefficient (Wildman–Crippen LogP) is 3.97. The number of aryl methyl sites for hydroxylation is 1. The van der Waals surface area contributed by atoms with Crippen LogP contribution in [0.3, 0.4) is 0 Å². The number of rotatable bonds is 2. The minimum absolute atomic E-state index is 0.865. The van der Waals surface area contributed by atoms with Crippen molar-refractivity contribution in [2.75, 3.05) is 23.7 Å². The number of halogens is 1. The normalized spacial score (nSPS) is 17.5. The number of nitrogens with zero attached hydrogens (tertiary/aromatic N) is 1. The Morgan fingerprint density at radius 3 is 2.59 bits per heavy atom. The van der Waals surface area contributed by atoms with E-state index in [1.54, 1.807) is 0 Å². The van der Waals surface area contributed by atoms with Gasteiger partial charge in [-0.05, 0) is 59.3 Å². The minimum atomic E-state index is 0.865. The Kier molecular flexibility index (Phi) is 3.97. The third-order valence-corrected chi connectivity index (χ3v) is 4.50. The number of benzene rings is 1. The quantitative estimate of drug-likeness (QED) is 0.837. The average molecular weight is 297 g/mol. The van der Waals surface area contributed by atoms with Crippen molar-refractivity contribution in [3.63, 3.8) is 0 Å². The molecular weight excluding hydrogens is 276 g/mol. The summed E-state index contributed by atoms with van der Waals surface area (Å²) in [6.45, 7) is 6.70. The second-order valence-electron chi connectivity index (χ2n) is 5.00. The number of hydrogen-bond acceptors (Lipinski definition) is 2. The molecule has 1 saturated heterocycles. The van der Waals surface area contributed by atoms with Crippen molar-refractivity contribution in [2.45, 2.75) is 33.1 Å². The number of nitrogen functional groups attached to an aromatic ring is 1. The highest BCUT2D eigenvalue weighted by atomic mass is 79.9. The fourth-order valence-electron chi connectivity index (χ4n) is 2.51. The fraction of sp³-hybridized carbons (Fsp3) is 0.571. The first-order valence-electron chi connectivity index (χ1n) is 6.42. The van der Waals surface area contributed by atoms with Crippen LogP contribution in [0.5, 0.6) is 0 Å². The van der Waals surface area contributed by atoms with Crippen LogP contribution in [-0.2, 0) is 0 Å². The molecule has 0 unspecified atom stereocenters. The molecule has 0 aliphatic carbocycles. The molecule has 0 spiro atoms. The monoisotopic (exact) mass is 296 g/mol. The maximum atomic E-state index is 5.91. The van der Waals surface area contributed by atoms with Crippen LogP contribution in [0.1, 0.15) is 31.7 Å². The molecule has 2 rings (SSSR count). The third-order valence-electron chi connectivity index (χ3n) is 3.87.